The van der Waals surface area contributed by atoms with Crippen LogP contribution in [-0.2, 0) is 16.1 Å². The first-order valence-electron chi connectivity index (χ1n) is 14.5. The van der Waals surface area contributed by atoms with Crippen molar-refractivity contribution in [3.63, 3.8) is 0 Å². The van der Waals surface area contributed by atoms with E-state index in [-0.39, 0.29) is 18.5 Å². The summed E-state index contributed by atoms with van der Waals surface area (Å²) >= 11 is 0. The quantitative estimate of drug-likeness (QED) is 0.306. The third-order valence-electron chi connectivity index (χ3n) is 7.64. The molecule has 2 aromatic carbocycles. The summed E-state index contributed by atoms with van der Waals surface area (Å²) in [6.07, 6.45) is 5.04. The Labute approximate surface area is 248 Å². The van der Waals surface area contributed by atoms with Crippen molar-refractivity contribution in [3.05, 3.63) is 66.1 Å². The van der Waals surface area contributed by atoms with Crippen LogP contribution >= 0.6 is 0 Å². The summed E-state index contributed by atoms with van der Waals surface area (Å²) in [6.45, 7) is 2.34. The Hall–Kier alpha value is -4.87. The summed E-state index contributed by atoms with van der Waals surface area (Å²) in [6, 6.07) is 14.9. The van der Waals surface area contributed by atoms with Gasteiger partial charge < -0.3 is 23.9 Å². The van der Waals surface area contributed by atoms with Crippen molar-refractivity contribution in [2.75, 3.05) is 25.2 Å². The SMILES string of the molecule is COc1ccc(-c2nnn(CC(=O)N(c3ccc4c(c3)OCCO4)C(C(=O)NC3CCCCC3)c3ccc(C)o3)n2)cc1. The molecule has 6 rings (SSSR count). The number of aromatic nitrogens is 4. The van der Waals surface area contributed by atoms with Gasteiger partial charge in [-0.25, -0.2) is 0 Å². The minimum absolute atomic E-state index is 0.0288. The molecule has 2 aliphatic rings. The van der Waals surface area contributed by atoms with Crippen LogP contribution in [0.25, 0.3) is 11.4 Å². The molecular weight excluding hydrogens is 552 g/mol. The maximum atomic E-state index is 14.2. The van der Waals surface area contributed by atoms with Gasteiger partial charge in [0.2, 0.25) is 5.82 Å². The van der Waals surface area contributed by atoms with Gasteiger partial charge in [-0.3, -0.25) is 14.5 Å². The Morgan fingerprint density at radius 2 is 1.79 bits per heavy atom. The molecule has 2 aromatic heterocycles. The van der Waals surface area contributed by atoms with Crippen LogP contribution in [0.1, 0.15) is 49.7 Å². The molecule has 43 heavy (non-hydrogen) atoms. The first kappa shape index (κ1) is 28.3. The fraction of sp³-hybridized carbons (Fsp3) is 0.387. The van der Waals surface area contributed by atoms with Crippen LogP contribution in [0.2, 0.25) is 0 Å². The topological polar surface area (TPSA) is 134 Å². The number of furan rings is 1. The Morgan fingerprint density at radius 3 is 2.51 bits per heavy atom. The fourth-order valence-corrected chi connectivity index (χ4v) is 5.48. The summed E-state index contributed by atoms with van der Waals surface area (Å²) in [4.78, 5) is 30.9. The van der Waals surface area contributed by atoms with Crippen LogP contribution in [0.4, 0.5) is 5.69 Å². The van der Waals surface area contributed by atoms with Crippen molar-refractivity contribution in [2.24, 2.45) is 0 Å². The van der Waals surface area contributed by atoms with E-state index in [1.54, 1.807) is 56.5 Å². The lowest BCUT2D eigenvalue weighted by Crippen LogP contribution is -2.48. The minimum Gasteiger partial charge on any atom is -0.497 e. The molecule has 0 spiro atoms. The van der Waals surface area contributed by atoms with Crippen LogP contribution in [0, 0.1) is 6.92 Å². The first-order chi connectivity index (χ1) is 21.0. The number of amides is 2. The number of fused-ring (bicyclic) bond motifs is 1. The lowest BCUT2D eigenvalue weighted by atomic mass is 9.95. The highest BCUT2D eigenvalue weighted by molar-refractivity contribution is 6.01. The van der Waals surface area contributed by atoms with Gasteiger partial charge >= 0.3 is 0 Å². The number of carbonyl (C=O) groups excluding carboxylic acids is 2. The first-order valence-corrected chi connectivity index (χ1v) is 14.5. The molecule has 4 aromatic rings. The molecule has 0 bridgehead atoms. The summed E-state index contributed by atoms with van der Waals surface area (Å²) in [7, 11) is 1.59. The van der Waals surface area contributed by atoms with Crippen molar-refractivity contribution in [3.8, 4) is 28.6 Å². The number of tetrazole rings is 1. The van der Waals surface area contributed by atoms with E-state index < -0.39 is 11.9 Å². The van der Waals surface area contributed by atoms with E-state index in [9.17, 15) is 9.59 Å². The number of nitrogens with one attached hydrogen (secondary N) is 1. The summed E-state index contributed by atoms with van der Waals surface area (Å²) in [5.74, 6) is 2.33. The van der Waals surface area contributed by atoms with Crippen molar-refractivity contribution in [1.82, 2.24) is 25.5 Å². The minimum atomic E-state index is -1.09. The van der Waals surface area contributed by atoms with Crippen LogP contribution in [0.3, 0.4) is 0 Å². The lowest BCUT2D eigenvalue weighted by Gasteiger charge is -2.32. The predicted molar refractivity (Wildman–Crippen MR) is 156 cm³/mol. The second-order valence-corrected chi connectivity index (χ2v) is 10.7. The zero-order valence-electron chi connectivity index (χ0n) is 24.2. The third-order valence-corrected chi connectivity index (χ3v) is 7.64. The van der Waals surface area contributed by atoms with E-state index in [1.165, 1.54) is 9.70 Å². The van der Waals surface area contributed by atoms with Gasteiger partial charge in [-0.15, -0.1) is 10.2 Å². The van der Waals surface area contributed by atoms with E-state index in [4.69, 9.17) is 18.6 Å². The van der Waals surface area contributed by atoms with Gasteiger partial charge in [0.05, 0.1) is 7.11 Å². The van der Waals surface area contributed by atoms with Crippen molar-refractivity contribution in [2.45, 2.75) is 57.7 Å². The number of methoxy groups -OCH3 is 1. The number of benzene rings is 2. The molecule has 1 saturated carbocycles. The number of rotatable bonds is 9. The standard InChI is InChI=1S/C31H34N6O6/c1-20-8-14-26(43-20)29(31(39)32-22-6-4-3-5-7-22)37(23-11-15-25-27(18-23)42-17-16-41-25)28(38)19-36-34-30(33-35-36)21-9-12-24(40-2)13-10-21/h8-15,18,22,29H,3-7,16-17,19H2,1-2H3,(H,32,39). The van der Waals surface area contributed by atoms with Gasteiger partial charge in [0.25, 0.3) is 11.8 Å². The largest absolute Gasteiger partial charge is 0.497 e. The molecule has 1 atom stereocenters. The van der Waals surface area contributed by atoms with Crippen LogP contribution < -0.4 is 24.4 Å². The number of aryl methyl sites for hydroxylation is 1. The zero-order chi connectivity index (χ0) is 29.8. The van der Waals surface area contributed by atoms with E-state index in [0.717, 1.165) is 37.7 Å². The lowest BCUT2D eigenvalue weighted by molar-refractivity contribution is -0.128. The van der Waals surface area contributed by atoms with E-state index in [1.807, 2.05) is 12.1 Å². The molecule has 0 radical (unpaired) electrons. The van der Waals surface area contributed by atoms with Crippen LogP contribution in [0.15, 0.2) is 59.0 Å². The van der Waals surface area contributed by atoms with Gasteiger partial charge in [-0.05, 0) is 73.5 Å². The van der Waals surface area contributed by atoms with Crippen molar-refractivity contribution < 1.29 is 28.2 Å². The number of carbonyl (C=O) groups is 2. The Balaban J connectivity index is 1.35. The summed E-state index contributed by atoms with van der Waals surface area (Å²) in [5, 5.41) is 15.9. The molecule has 1 aliphatic heterocycles. The van der Waals surface area contributed by atoms with Gasteiger partial charge in [0.1, 0.15) is 37.0 Å². The maximum absolute atomic E-state index is 14.2. The van der Waals surface area contributed by atoms with Crippen LogP contribution in [-0.4, -0.2) is 58.4 Å². The Morgan fingerprint density at radius 1 is 1.02 bits per heavy atom. The highest BCUT2D eigenvalue weighted by atomic mass is 16.6. The molecule has 12 heteroatoms. The van der Waals surface area contributed by atoms with Crippen LogP contribution in [0.5, 0.6) is 17.2 Å². The Kier molecular flexibility index (Phi) is 8.25. The van der Waals surface area contributed by atoms with Gasteiger partial charge in [-0.2, -0.15) is 4.80 Å². The molecule has 1 fully saturated rings. The molecular formula is C31H34N6O6. The molecule has 1 N–H and O–H groups in total. The number of ether oxygens (including phenoxy) is 3. The smallest absolute Gasteiger partial charge is 0.251 e. The molecule has 3 heterocycles. The van der Waals surface area contributed by atoms with Crippen molar-refractivity contribution in [1.29, 1.82) is 0 Å². The second-order valence-electron chi connectivity index (χ2n) is 10.7. The number of hydrogen-bond donors (Lipinski definition) is 1. The molecule has 1 aliphatic carbocycles. The van der Waals surface area contributed by atoms with Gasteiger partial charge in [0, 0.05) is 23.4 Å². The second kappa shape index (κ2) is 12.6. The number of nitrogens with zero attached hydrogens (tertiary/aromatic N) is 5. The third kappa shape index (κ3) is 6.32. The summed E-state index contributed by atoms with van der Waals surface area (Å²) in [5.41, 5.74) is 1.17. The zero-order valence-corrected chi connectivity index (χ0v) is 24.2. The highest BCUT2D eigenvalue weighted by Gasteiger charge is 2.37. The van der Waals surface area contributed by atoms with Gasteiger partial charge in [-0.1, -0.05) is 19.3 Å². The molecule has 2 amide bonds. The van der Waals surface area contributed by atoms with E-state index in [2.05, 4.69) is 20.7 Å². The Bertz CT molecular complexity index is 1580. The monoisotopic (exact) mass is 586 g/mol. The number of anilines is 1. The molecule has 12 nitrogen and oxygen atoms in total. The maximum Gasteiger partial charge on any atom is 0.251 e. The normalized spacial score (nSPS) is 15.5. The van der Waals surface area contributed by atoms with Crippen molar-refractivity contribution >= 4 is 17.5 Å². The summed E-state index contributed by atoms with van der Waals surface area (Å²) < 4.78 is 22.7. The predicted octanol–water partition coefficient (Wildman–Crippen LogP) is 4.24. The molecule has 0 saturated heterocycles. The number of hydrogen-bond acceptors (Lipinski definition) is 9. The fourth-order valence-electron chi connectivity index (χ4n) is 5.48. The van der Waals surface area contributed by atoms with E-state index >= 15 is 0 Å². The highest BCUT2D eigenvalue weighted by Crippen LogP contribution is 2.38. The van der Waals surface area contributed by atoms with Gasteiger partial charge in [0.15, 0.2) is 17.5 Å². The molecule has 224 valence electrons. The molecule has 1 unspecified atom stereocenters. The average molecular weight is 587 g/mol. The average Bonchev–Trinajstić information content (AvgIpc) is 3.68. The van der Waals surface area contributed by atoms with E-state index in [0.29, 0.717) is 53.5 Å².